The molecule has 1 N–H and O–H groups in total. The number of rotatable bonds is 7. The number of fused-ring (bicyclic) bond motifs is 1. The summed E-state index contributed by atoms with van der Waals surface area (Å²) in [7, 11) is 1.34. The summed E-state index contributed by atoms with van der Waals surface area (Å²) in [6.07, 6.45) is 3.97. The minimum absolute atomic E-state index is 0.0678. The zero-order valence-electron chi connectivity index (χ0n) is 21.9. The smallest absolute Gasteiger partial charge is 0.328 e. The molecule has 5 rings (SSSR count). The molecule has 8 heteroatoms. The standard InChI is InChI=1S/C30H32N4O4/c1-19(2)27(30(37)38-3)34-18-23-7-6-21(16-25(23)29(34)36)20-8-11-24(12-9-20)32-28(35)22-10-13-26(31-17-22)33-14-4-5-15-33/h6-13,16-17,19,27H,4-5,14-15,18H2,1-3H3,(H,32,35). The fraction of sp³-hybridized carbons (Fsp3) is 0.333. The largest absolute Gasteiger partial charge is 0.467 e. The number of pyridine rings is 1. The molecule has 3 heterocycles. The van der Waals surface area contributed by atoms with Crippen molar-refractivity contribution in [2.24, 2.45) is 5.92 Å². The maximum atomic E-state index is 13.2. The lowest BCUT2D eigenvalue weighted by atomic mass is 10.00. The van der Waals surface area contributed by atoms with Crippen molar-refractivity contribution < 1.29 is 19.1 Å². The van der Waals surface area contributed by atoms with Crippen molar-refractivity contribution in [2.75, 3.05) is 30.4 Å². The van der Waals surface area contributed by atoms with E-state index in [0.717, 1.165) is 35.6 Å². The Morgan fingerprint density at radius 1 is 0.974 bits per heavy atom. The Labute approximate surface area is 222 Å². The molecule has 196 valence electrons. The van der Waals surface area contributed by atoms with Crippen molar-refractivity contribution in [3.05, 3.63) is 77.5 Å². The van der Waals surface area contributed by atoms with E-state index >= 15 is 0 Å². The number of hydrogen-bond donors (Lipinski definition) is 1. The van der Waals surface area contributed by atoms with Gasteiger partial charge >= 0.3 is 5.97 Å². The van der Waals surface area contributed by atoms with E-state index in [2.05, 4.69) is 15.2 Å². The molecular weight excluding hydrogens is 480 g/mol. The lowest BCUT2D eigenvalue weighted by molar-refractivity contribution is -0.147. The number of anilines is 2. The van der Waals surface area contributed by atoms with E-state index in [1.165, 1.54) is 20.0 Å². The van der Waals surface area contributed by atoms with Gasteiger partial charge in [0.05, 0.1) is 12.7 Å². The van der Waals surface area contributed by atoms with Gasteiger partial charge in [-0.05, 0) is 65.8 Å². The minimum Gasteiger partial charge on any atom is -0.467 e. The van der Waals surface area contributed by atoms with Gasteiger partial charge in [-0.2, -0.15) is 0 Å². The zero-order valence-corrected chi connectivity index (χ0v) is 21.9. The van der Waals surface area contributed by atoms with Gasteiger partial charge in [0.2, 0.25) is 0 Å². The Balaban J connectivity index is 1.27. The Morgan fingerprint density at radius 2 is 1.68 bits per heavy atom. The van der Waals surface area contributed by atoms with Gasteiger partial charge in [0, 0.05) is 37.1 Å². The second-order valence-corrected chi connectivity index (χ2v) is 10.1. The molecule has 2 aromatic carbocycles. The van der Waals surface area contributed by atoms with Crippen LogP contribution >= 0.6 is 0 Å². The summed E-state index contributed by atoms with van der Waals surface area (Å²) in [6.45, 7) is 6.21. The van der Waals surface area contributed by atoms with Crippen LogP contribution in [0.4, 0.5) is 11.5 Å². The second kappa shape index (κ2) is 10.7. The molecule has 1 aromatic heterocycles. The van der Waals surface area contributed by atoms with E-state index in [1.807, 2.05) is 62.4 Å². The number of carbonyl (C=O) groups excluding carboxylic acids is 3. The number of methoxy groups -OCH3 is 1. The van der Waals surface area contributed by atoms with Crippen LogP contribution in [0.2, 0.25) is 0 Å². The quantitative estimate of drug-likeness (QED) is 0.459. The molecule has 1 fully saturated rings. The number of nitrogens with zero attached hydrogens (tertiary/aromatic N) is 3. The van der Waals surface area contributed by atoms with E-state index in [0.29, 0.717) is 23.4 Å². The van der Waals surface area contributed by atoms with Crippen LogP contribution in [0, 0.1) is 5.92 Å². The van der Waals surface area contributed by atoms with Crippen LogP contribution < -0.4 is 10.2 Å². The van der Waals surface area contributed by atoms with Crippen LogP contribution in [0.15, 0.2) is 60.8 Å². The summed E-state index contributed by atoms with van der Waals surface area (Å²) in [4.78, 5) is 46.6. The molecule has 1 unspecified atom stereocenters. The molecule has 2 amide bonds. The van der Waals surface area contributed by atoms with Gasteiger partial charge in [-0.25, -0.2) is 9.78 Å². The van der Waals surface area contributed by atoms with E-state index in [9.17, 15) is 14.4 Å². The molecule has 3 aromatic rings. The molecule has 2 aliphatic rings. The van der Waals surface area contributed by atoms with Gasteiger partial charge < -0.3 is 19.9 Å². The third kappa shape index (κ3) is 4.98. The average Bonchev–Trinajstić information content (AvgIpc) is 3.58. The first-order chi connectivity index (χ1) is 18.4. The summed E-state index contributed by atoms with van der Waals surface area (Å²) >= 11 is 0. The van der Waals surface area contributed by atoms with E-state index in [-0.39, 0.29) is 17.7 Å². The monoisotopic (exact) mass is 512 g/mol. The van der Waals surface area contributed by atoms with Gasteiger partial charge in [-0.3, -0.25) is 9.59 Å². The fourth-order valence-corrected chi connectivity index (χ4v) is 5.21. The average molecular weight is 513 g/mol. The predicted molar refractivity (Wildman–Crippen MR) is 146 cm³/mol. The lowest BCUT2D eigenvalue weighted by Gasteiger charge is -2.28. The Hall–Kier alpha value is -4.20. The SMILES string of the molecule is COC(=O)C(C(C)C)N1Cc2ccc(-c3ccc(NC(=O)c4ccc(N5CCCC5)nc4)cc3)cc2C1=O. The van der Waals surface area contributed by atoms with Gasteiger partial charge in [-0.15, -0.1) is 0 Å². The highest BCUT2D eigenvalue weighted by atomic mass is 16.5. The summed E-state index contributed by atoms with van der Waals surface area (Å²) in [5.74, 6) is 0.0504. The Morgan fingerprint density at radius 3 is 2.32 bits per heavy atom. The molecule has 1 saturated heterocycles. The first-order valence-corrected chi connectivity index (χ1v) is 13.0. The molecule has 2 aliphatic heterocycles. The summed E-state index contributed by atoms with van der Waals surface area (Å²) in [5.41, 5.74) is 4.47. The molecule has 0 radical (unpaired) electrons. The number of aromatic nitrogens is 1. The molecule has 0 spiro atoms. The summed E-state index contributed by atoms with van der Waals surface area (Å²) in [6, 6.07) is 16.4. The number of nitrogens with one attached hydrogen (secondary N) is 1. The van der Waals surface area contributed by atoms with Crippen molar-refractivity contribution in [1.29, 1.82) is 0 Å². The van der Waals surface area contributed by atoms with Crippen LogP contribution in [0.25, 0.3) is 11.1 Å². The topological polar surface area (TPSA) is 91.8 Å². The molecule has 38 heavy (non-hydrogen) atoms. The van der Waals surface area contributed by atoms with Crippen molar-refractivity contribution in [1.82, 2.24) is 9.88 Å². The van der Waals surface area contributed by atoms with E-state index < -0.39 is 12.0 Å². The summed E-state index contributed by atoms with van der Waals surface area (Å²) < 4.78 is 4.95. The van der Waals surface area contributed by atoms with Gasteiger partial charge in [0.1, 0.15) is 11.9 Å². The van der Waals surface area contributed by atoms with Crippen LogP contribution in [-0.2, 0) is 16.1 Å². The van der Waals surface area contributed by atoms with Crippen LogP contribution in [0.5, 0.6) is 0 Å². The van der Waals surface area contributed by atoms with Crippen LogP contribution in [-0.4, -0.2) is 53.9 Å². The van der Waals surface area contributed by atoms with Gasteiger partial charge in [0.15, 0.2) is 0 Å². The number of benzene rings is 2. The fourth-order valence-electron chi connectivity index (χ4n) is 5.21. The van der Waals surface area contributed by atoms with Crippen molar-refractivity contribution in [3.63, 3.8) is 0 Å². The number of amides is 2. The first-order valence-electron chi connectivity index (χ1n) is 13.0. The minimum atomic E-state index is -0.627. The van der Waals surface area contributed by atoms with Gasteiger partial charge in [-0.1, -0.05) is 38.1 Å². The van der Waals surface area contributed by atoms with E-state index in [4.69, 9.17) is 4.74 Å². The highest BCUT2D eigenvalue weighted by molar-refractivity contribution is 6.04. The highest BCUT2D eigenvalue weighted by Gasteiger charge is 2.38. The van der Waals surface area contributed by atoms with Gasteiger partial charge in [0.25, 0.3) is 11.8 Å². The molecule has 0 bridgehead atoms. The Kier molecular flexibility index (Phi) is 7.13. The van der Waals surface area contributed by atoms with Crippen molar-refractivity contribution >= 4 is 29.3 Å². The first kappa shape index (κ1) is 25.4. The normalized spacial score (nSPS) is 15.5. The van der Waals surface area contributed by atoms with Crippen LogP contribution in [0.3, 0.4) is 0 Å². The number of ether oxygens (including phenoxy) is 1. The number of hydrogen-bond acceptors (Lipinski definition) is 6. The predicted octanol–water partition coefficient (Wildman–Crippen LogP) is 4.75. The summed E-state index contributed by atoms with van der Waals surface area (Å²) in [5, 5.41) is 2.92. The molecule has 1 atom stereocenters. The molecular formula is C30H32N4O4. The van der Waals surface area contributed by atoms with Crippen molar-refractivity contribution in [2.45, 2.75) is 39.3 Å². The lowest BCUT2D eigenvalue weighted by Crippen LogP contribution is -2.45. The van der Waals surface area contributed by atoms with Crippen LogP contribution in [0.1, 0.15) is 53.0 Å². The highest BCUT2D eigenvalue weighted by Crippen LogP contribution is 2.32. The number of esters is 1. The maximum absolute atomic E-state index is 13.2. The second-order valence-electron chi connectivity index (χ2n) is 10.1. The molecule has 8 nitrogen and oxygen atoms in total. The van der Waals surface area contributed by atoms with E-state index in [1.54, 1.807) is 17.2 Å². The molecule has 0 aliphatic carbocycles. The maximum Gasteiger partial charge on any atom is 0.328 e. The third-order valence-electron chi connectivity index (χ3n) is 7.27. The third-order valence-corrected chi connectivity index (χ3v) is 7.27. The number of carbonyl (C=O) groups is 3. The zero-order chi connectivity index (χ0) is 26.8. The van der Waals surface area contributed by atoms with Crippen molar-refractivity contribution in [3.8, 4) is 11.1 Å². The Bertz CT molecular complexity index is 1350. The molecule has 0 saturated carbocycles.